The highest BCUT2D eigenvalue weighted by molar-refractivity contribution is 5.92. The summed E-state index contributed by atoms with van der Waals surface area (Å²) in [6.07, 6.45) is 1.75. The molecule has 6 nitrogen and oxygen atoms in total. The minimum Gasteiger partial charge on any atom is -0.494 e. The summed E-state index contributed by atoms with van der Waals surface area (Å²) < 4.78 is 7.04. The van der Waals surface area contributed by atoms with E-state index in [4.69, 9.17) is 10.00 Å². The zero-order valence-corrected chi connectivity index (χ0v) is 15.5. The van der Waals surface area contributed by atoms with Crippen LogP contribution < -0.4 is 4.74 Å². The van der Waals surface area contributed by atoms with E-state index in [1.165, 1.54) is 0 Å². The number of hydrogen-bond acceptors (Lipinski definition) is 4. The first-order valence-corrected chi connectivity index (χ1v) is 8.47. The number of nitriles is 1. The van der Waals surface area contributed by atoms with E-state index in [1.54, 1.807) is 48.1 Å². The van der Waals surface area contributed by atoms with E-state index in [1.807, 2.05) is 37.3 Å². The summed E-state index contributed by atoms with van der Waals surface area (Å²) in [6.45, 7) is 2.43. The van der Waals surface area contributed by atoms with Gasteiger partial charge in [-0.05, 0) is 48.4 Å². The van der Waals surface area contributed by atoms with E-state index in [9.17, 15) is 4.79 Å². The molecule has 27 heavy (non-hydrogen) atoms. The SMILES string of the molecule is COc1ccc(C)cc1-n1ccc(C(=O)N(C)Cc2ccc(C#N)cc2)n1. The second-order valence-corrected chi connectivity index (χ2v) is 6.29. The van der Waals surface area contributed by atoms with Gasteiger partial charge < -0.3 is 9.64 Å². The van der Waals surface area contributed by atoms with Gasteiger partial charge in [-0.3, -0.25) is 4.79 Å². The molecule has 0 fully saturated rings. The number of nitrogens with zero attached hydrogens (tertiary/aromatic N) is 4. The van der Waals surface area contributed by atoms with Crippen LogP contribution in [0.5, 0.6) is 5.75 Å². The predicted molar refractivity (Wildman–Crippen MR) is 102 cm³/mol. The zero-order valence-electron chi connectivity index (χ0n) is 15.5. The third kappa shape index (κ3) is 3.98. The van der Waals surface area contributed by atoms with Gasteiger partial charge in [0.15, 0.2) is 5.69 Å². The van der Waals surface area contributed by atoms with Crippen molar-refractivity contribution in [2.45, 2.75) is 13.5 Å². The Morgan fingerprint density at radius 1 is 1.22 bits per heavy atom. The van der Waals surface area contributed by atoms with Crippen LogP contribution in [-0.2, 0) is 6.54 Å². The van der Waals surface area contributed by atoms with Gasteiger partial charge in [-0.2, -0.15) is 10.4 Å². The monoisotopic (exact) mass is 360 g/mol. The number of aromatic nitrogens is 2. The van der Waals surface area contributed by atoms with Gasteiger partial charge in [-0.25, -0.2) is 4.68 Å². The molecule has 0 radical (unpaired) electrons. The first kappa shape index (κ1) is 18.2. The van der Waals surface area contributed by atoms with Crippen LogP contribution in [0.25, 0.3) is 5.69 Å². The predicted octanol–water partition coefficient (Wildman–Crippen LogP) is 3.33. The Morgan fingerprint density at radius 3 is 2.63 bits per heavy atom. The maximum atomic E-state index is 12.7. The van der Waals surface area contributed by atoms with Gasteiger partial charge in [0.1, 0.15) is 11.4 Å². The van der Waals surface area contributed by atoms with Crippen LogP contribution in [0.3, 0.4) is 0 Å². The van der Waals surface area contributed by atoms with Crippen molar-refractivity contribution < 1.29 is 9.53 Å². The molecule has 3 rings (SSSR count). The van der Waals surface area contributed by atoms with Crippen molar-refractivity contribution in [2.24, 2.45) is 0 Å². The van der Waals surface area contributed by atoms with Crippen LogP contribution in [0.15, 0.2) is 54.7 Å². The molecule has 0 N–H and O–H groups in total. The number of benzene rings is 2. The van der Waals surface area contributed by atoms with Gasteiger partial charge in [0.2, 0.25) is 0 Å². The smallest absolute Gasteiger partial charge is 0.274 e. The molecule has 0 aliphatic heterocycles. The Balaban J connectivity index is 1.78. The number of amides is 1. The summed E-state index contributed by atoms with van der Waals surface area (Å²) in [7, 11) is 3.34. The Morgan fingerprint density at radius 2 is 1.96 bits per heavy atom. The summed E-state index contributed by atoms with van der Waals surface area (Å²) in [5.74, 6) is 0.512. The van der Waals surface area contributed by atoms with E-state index >= 15 is 0 Å². The van der Waals surface area contributed by atoms with Crippen molar-refractivity contribution >= 4 is 5.91 Å². The molecule has 0 atom stereocenters. The minimum absolute atomic E-state index is 0.176. The van der Waals surface area contributed by atoms with Crippen LogP contribution in [-0.4, -0.2) is 34.7 Å². The molecule has 136 valence electrons. The van der Waals surface area contributed by atoms with Gasteiger partial charge in [0.25, 0.3) is 5.91 Å². The quantitative estimate of drug-likeness (QED) is 0.700. The van der Waals surface area contributed by atoms with E-state index < -0.39 is 0 Å². The first-order valence-electron chi connectivity index (χ1n) is 8.47. The van der Waals surface area contributed by atoms with Crippen molar-refractivity contribution in [1.82, 2.24) is 14.7 Å². The number of rotatable bonds is 5. The lowest BCUT2D eigenvalue weighted by molar-refractivity contribution is 0.0779. The molecular weight excluding hydrogens is 340 g/mol. The third-order valence-corrected chi connectivity index (χ3v) is 4.24. The summed E-state index contributed by atoms with van der Waals surface area (Å²) >= 11 is 0. The molecule has 0 aliphatic carbocycles. The number of ether oxygens (including phenoxy) is 1. The minimum atomic E-state index is -0.176. The molecule has 2 aromatic carbocycles. The van der Waals surface area contributed by atoms with Gasteiger partial charge in [0.05, 0.1) is 18.7 Å². The fraction of sp³-hybridized carbons (Fsp3) is 0.190. The molecule has 0 spiro atoms. The number of carbonyl (C=O) groups is 1. The van der Waals surface area contributed by atoms with Crippen molar-refractivity contribution in [1.29, 1.82) is 5.26 Å². The van der Waals surface area contributed by atoms with Crippen LogP contribution in [0, 0.1) is 18.3 Å². The summed E-state index contributed by atoms with van der Waals surface area (Å²) in [6, 6.07) is 16.8. The molecule has 0 bridgehead atoms. The molecule has 3 aromatic rings. The molecule has 1 aromatic heterocycles. The lowest BCUT2D eigenvalue weighted by atomic mass is 10.1. The second-order valence-electron chi connectivity index (χ2n) is 6.29. The highest BCUT2D eigenvalue weighted by Gasteiger charge is 2.16. The molecule has 0 saturated carbocycles. The van der Waals surface area contributed by atoms with Crippen LogP contribution >= 0.6 is 0 Å². The van der Waals surface area contributed by atoms with Crippen LogP contribution in [0.2, 0.25) is 0 Å². The molecule has 1 amide bonds. The molecule has 0 aliphatic rings. The largest absolute Gasteiger partial charge is 0.494 e. The number of hydrogen-bond donors (Lipinski definition) is 0. The average molecular weight is 360 g/mol. The standard InChI is InChI=1S/C21H20N4O2/c1-15-4-9-20(27-3)19(12-15)25-11-10-18(23-25)21(26)24(2)14-17-7-5-16(13-22)6-8-17/h4-12H,14H2,1-3H3. The summed E-state index contributed by atoms with van der Waals surface area (Å²) in [4.78, 5) is 14.3. The Bertz CT molecular complexity index is 1000. The maximum Gasteiger partial charge on any atom is 0.274 e. The van der Waals surface area contributed by atoms with Crippen molar-refractivity contribution in [3.8, 4) is 17.5 Å². The molecule has 0 saturated heterocycles. The van der Waals surface area contributed by atoms with E-state index in [-0.39, 0.29) is 5.91 Å². The molecule has 6 heteroatoms. The van der Waals surface area contributed by atoms with E-state index in [0.717, 1.165) is 16.8 Å². The average Bonchev–Trinajstić information content (AvgIpc) is 3.18. The van der Waals surface area contributed by atoms with Crippen molar-refractivity contribution in [3.05, 3.63) is 77.1 Å². The number of carbonyl (C=O) groups excluding carboxylic acids is 1. The van der Waals surface area contributed by atoms with Gasteiger partial charge in [-0.15, -0.1) is 0 Å². The van der Waals surface area contributed by atoms with Crippen molar-refractivity contribution in [2.75, 3.05) is 14.2 Å². The molecular formula is C21H20N4O2. The molecule has 0 unspecified atom stereocenters. The number of aryl methyl sites for hydroxylation is 1. The fourth-order valence-corrected chi connectivity index (χ4v) is 2.78. The highest BCUT2D eigenvalue weighted by atomic mass is 16.5. The van der Waals surface area contributed by atoms with E-state index in [2.05, 4.69) is 11.2 Å². The van der Waals surface area contributed by atoms with Gasteiger partial charge in [-0.1, -0.05) is 18.2 Å². The topological polar surface area (TPSA) is 71.2 Å². The second kappa shape index (κ2) is 7.75. The van der Waals surface area contributed by atoms with E-state index in [0.29, 0.717) is 23.6 Å². The van der Waals surface area contributed by atoms with Gasteiger partial charge in [0, 0.05) is 19.8 Å². The van der Waals surface area contributed by atoms with Crippen LogP contribution in [0.1, 0.15) is 27.2 Å². The normalized spacial score (nSPS) is 10.3. The third-order valence-electron chi connectivity index (χ3n) is 4.24. The zero-order chi connectivity index (χ0) is 19.4. The lowest BCUT2D eigenvalue weighted by Crippen LogP contribution is -2.26. The van der Waals surface area contributed by atoms with Crippen LogP contribution in [0.4, 0.5) is 0 Å². The van der Waals surface area contributed by atoms with Crippen molar-refractivity contribution in [3.63, 3.8) is 0 Å². The number of methoxy groups -OCH3 is 1. The first-order chi connectivity index (χ1) is 13.0. The Hall–Kier alpha value is -3.59. The fourth-order valence-electron chi connectivity index (χ4n) is 2.78. The highest BCUT2D eigenvalue weighted by Crippen LogP contribution is 2.23. The molecule has 1 heterocycles. The maximum absolute atomic E-state index is 12.7. The van der Waals surface area contributed by atoms with Gasteiger partial charge >= 0.3 is 0 Å². The summed E-state index contributed by atoms with van der Waals surface area (Å²) in [5, 5.41) is 13.3. The Labute approximate surface area is 158 Å². The Kier molecular flexibility index (Phi) is 5.23. The lowest BCUT2D eigenvalue weighted by Gasteiger charge is -2.16. The summed E-state index contributed by atoms with van der Waals surface area (Å²) in [5.41, 5.74) is 3.76.